The highest BCUT2D eigenvalue weighted by atomic mass is 32.1. The summed E-state index contributed by atoms with van der Waals surface area (Å²) in [6.07, 6.45) is 0.711. The zero-order chi connectivity index (χ0) is 20.2. The number of thiazole rings is 1. The fraction of sp³-hybridized carbons (Fsp3) is 0.182. The standard InChI is InChI=1S/C22H20N2O3S2/c1-26-16-8-7-14(13-17(16)27-2)11-12-23-21(25)19-9-10-20(28-19)22-24-15-5-3-4-6-18(15)29-22/h3-10,13H,11-12H2,1-2H3,(H,23,25). The number of hydrogen-bond donors (Lipinski definition) is 1. The van der Waals surface area contributed by atoms with Crippen LogP contribution in [0, 0.1) is 0 Å². The van der Waals surface area contributed by atoms with Gasteiger partial charge in [-0.1, -0.05) is 18.2 Å². The maximum Gasteiger partial charge on any atom is 0.261 e. The Bertz CT molecular complexity index is 1120. The van der Waals surface area contributed by atoms with E-state index in [1.54, 1.807) is 25.6 Å². The van der Waals surface area contributed by atoms with Crippen LogP contribution in [0.15, 0.2) is 54.6 Å². The molecule has 0 fully saturated rings. The molecule has 2 aromatic carbocycles. The maximum atomic E-state index is 12.5. The first kappa shape index (κ1) is 19.4. The van der Waals surface area contributed by atoms with Gasteiger partial charge in [0.05, 0.1) is 34.2 Å². The summed E-state index contributed by atoms with van der Waals surface area (Å²) in [5.41, 5.74) is 2.06. The van der Waals surface area contributed by atoms with E-state index < -0.39 is 0 Å². The number of benzene rings is 2. The van der Waals surface area contributed by atoms with E-state index in [1.807, 2.05) is 48.5 Å². The normalized spacial score (nSPS) is 10.8. The minimum Gasteiger partial charge on any atom is -0.493 e. The van der Waals surface area contributed by atoms with Gasteiger partial charge in [-0.25, -0.2) is 4.98 Å². The zero-order valence-electron chi connectivity index (χ0n) is 16.1. The molecule has 5 nitrogen and oxygen atoms in total. The number of fused-ring (bicyclic) bond motifs is 1. The second kappa shape index (κ2) is 8.63. The summed E-state index contributed by atoms with van der Waals surface area (Å²) in [6, 6.07) is 17.7. The van der Waals surface area contributed by atoms with Crippen LogP contribution in [0.3, 0.4) is 0 Å². The molecule has 0 saturated carbocycles. The highest BCUT2D eigenvalue weighted by molar-refractivity contribution is 7.26. The van der Waals surface area contributed by atoms with Gasteiger partial charge in [-0.3, -0.25) is 4.79 Å². The minimum absolute atomic E-state index is 0.0668. The molecule has 1 amide bonds. The fourth-order valence-electron chi connectivity index (χ4n) is 3.00. The molecular formula is C22H20N2O3S2. The van der Waals surface area contributed by atoms with E-state index in [-0.39, 0.29) is 5.91 Å². The number of methoxy groups -OCH3 is 2. The number of para-hydroxylation sites is 1. The zero-order valence-corrected chi connectivity index (χ0v) is 17.7. The number of thiophene rings is 1. The minimum atomic E-state index is -0.0668. The molecule has 0 aliphatic heterocycles. The van der Waals surface area contributed by atoms with Crippen LogP contribution in [0.2, 0.25) is 0 Å². The third-order valence-corrected chi connectivity index (χ3v) is 6.77. The average Bonchev–Trinajstić information content (AvgIpc) is 3.40. The summed E-state index contributed by atoms with van der Waals surface area (Å²) >= 11 is 3.11. The Balaban J connectivity index is 1.38. The van der Waals surface area contributed by atoms with Crippen molar-refractivity contribution in [1.82, 2.24) is 10.3 Å². The van der Waals surface area contributed by atoms with Gasteiger partial charge in [0, 0.05) is 6.54 Å². The Morgan fingerprint density at radius 1 is 1.00 bits per heavy atom. The molecule has 0 aliphatic carbocycles. The van der Waals surface area contributed by atoms with E-state index in [9.17, 15) is 4.79 Å². The molecule has 1 N–H and O–H groups in total. The van der Waals surface area contributed by atoms with Crippen LogP contribution in [0.4, 0.5) is 0 Å². The number of amides is 1. The first-order chi connectivity index (χ1) is 14.2. The lowest BCUT2D eigenvalue weighted by Gasteiger charge is -2.10. The number of hydrogen-bond acceptors (Lipinski definition) is 6. The maximum absolute atomic E-state index is 12.5. The van der Waals surface area contributed by atoms with E-state index in [2.05, 4.69) is 16.4 Å². The largest absolute Gasteiger partial charge is 0.493 e. The van der Waals surface area contributed by atoms with Crippen LogP contribution in [0.5, 0.6) is 11.5 Å². The predicted molar refractivity (Wildman–Crippen MR) is 119 cm³/mol. The number of ether oxygens (including phenoxy) is 2. The molecule has 148 valence electrons. The first-order valence-corrected chi connectivity index (χ1v) is 10.8. The molecule has 7 heteroatoms. The lowest BCUT2D eigenvalue weighted by Crippen LogP contribution is -2.24. The van der Waals surface area contributed by atoms with Gasteiger partial charge in [0.1, 0.15) is 5.01 Å². The predicted octanol–water partition coefficient (Wildman–Crippen LogP) is 5.01. The van der Waals surface area contributed by atoms with E-state index in [1.165, 1.54) is 11.3 Å². The number of aromatic nitrogens is 1. The number of rotatable bonds is 7. The number of nitrogens with one attached hydrogen (secondary N) is 1. The fourth-order valence-corrected chi connectivity index (χ4v) is 4.94. The quantitative estimate of drug-likeness (QED) is 0.453. The molecule has 4 rings (SSSR count). The van der Waals surface area contributed by atoms with Gasteiger partial charge in [0.2, 0.25) is 0 Å². The molecule has 0 aliphatic rings. The van der Waals surface area contributed by atoms with Crippen LogP contribution in [0.25, 0.3) is 20.1 Å². The number of carbonyl (C=O) groups is 1. The van der Waals surface area contributed by atoms with Crippen LogP contribution < -0.4 is 14.8 Å². The van der Waals surface area contributed by atoms with Gasteiger partial charge in [-0.2, -0.15) is 0 Å². The lowest BCUT2D eigenvalue weighted by molar-refractivity contribution is 0.0958. The van der Waals surface area contributed by atoms with Gasteiger partial charge in [0.25, 0.3) is 5.91 Å². The van der Waals surface area contributed by atoms with Gasteiger partial charge >= 0.3 is 0 Å². The van der Waals surface area contributed by atoms with Crippen molar-refractivity contribution in [2.75, 3.05) is 20.8 Å². The Kier molecular flexibility index (Phi) is 5.78. The molecule has 2 aromatic heterocycles. The SMILES string of the molecule is COc1ccc(CCNC(=O)c2ccc(-c3nc4ccccc4s3)s2)cc1OC. The Labute approximate surface area is 176 Å². The Morgan fingerprint density at radius 3 is 2.62 bits per heavy atom. The molecule has 0 radical (unpaired) electrons. The second-order valence-corrected chi connectivity index (χ2v) is 8.46. The van der Waals surface area contributed by atoms with Crippen molar-refractivity contribution in [2.24, 2.45) is 0 Å². The molecule has 0 saturated heterocycles. The van der Waals surface area contributed by atoms with Crippen LogP contribution in [0.1, 0.15) is 15.2 Å². The van der Waals surface area contributed by atoms with Gasteiger partial charge in [-0.05, 0) is 48.4 Å². The second-order valence-electron chi connectivity index (χ2n) is 6.35. The average molecular weight is 425 g/mol. The summed E-state index contributed by atoms with van der Waals surface area (Å²) in [4.78, 5) is 18.9. The van der Waals surface area contributed by atoms with Crippen molar-refractivity contribution in [3.8, 4) is 21.4 Å². The van der Waals surface area contributed by atoms with Crippen LogP contribution >= 0.6 is 22.7 Å². The molecule has 0 atom stereocenters. The summed E-state index contributed by atoms with van der Waals surface area (Å²) in [7, 11) is 3.23. The Morgan fingerprint density at radius 2 is 1.83 bits per heavy atom. The van der Waals surface area contributed by atoms with Gasteiger partial charge < -0.3 is 14.8 Å². The molecule has 29 heavy (non-hydrogen) atoms. The third kappa shape index (κ3) is 4.26. The Hall–Kier alpha value is -2.90. The first-order valence-electron chi connectivity index (χ1n) is 9.13. The molecule has 4 aromatic rings. The summed E-state index contributed by atoms with van der Waals surface area (Å²) in [6.45, 7) is 0.544. The van der Waals surface area contributed by atoms with E-state index in [0.717, 1.165) is 25.7 Å². The molecule has 2 heterocycles. The molecular weight excluding hydrogens is 404 g/mol. The topological polar surface area (TPSA) is 60.5 Å². The molecule has 0 spiro atoms. The van der Waals surface area contributed by atoms with E-state index >= 15 is 0 Å². The van der Waals surface area contributed by atoms with Crippen molar-refractivity contribution in [3.63, 3.8) is 0 Å². The van der Waals surface area contributed by atoms with Crippen molar-refractivity contribution in [3.05, 3.63) is 65.0 Å². The highest BCUT2D eigenvalue weighted by Crippen LogP contribution is 2.34. The molecule has 0 bridgehead atoms. The number of carbonyl (C=O) groups excluding carboxylic acids is 1. The smallest absolute Gasteiger partial charge is 0.261 e. The van der Waals surface area contributed by atoms with Crippen LogP contribution in [-0.2, 0) is 6.42 Å². The third-order valence-electron chi connectivity index (χ3n) is 4.48. The lowest BCUT2D eigenvalue weighted by atomic mass is 10.1. The van der Waals surface area contributed by atoms with Crippen molar-refractivity contribution < 1.29 is 14.3 Å². The highest BCUT2D eigenvalue weighted by Gasteiger charge is 2.13. The van der Waals surface area contributed by atoms with Crippen LogP contribution in [-0.4, -0.2) is 31.7 Å². The van der Waals surface area contributed by atoms with Crippen molar-refractivity contribution in [1.29, 1.82) is 0 Å². The van der Waals surface area contributed by atoms with E-state index in [4.69, 9.17) is 9.47 Å². The number of nitrogens with zero attached hydrogens (tertiary/aromatic N) is 1. The summed E-state index contributed by atoms with van der Waals surface area (Å²) < 4.78 is 11.7. The monoisotopic (exact) mass is 424 g/mol. The van der Waals surface area contributed by atoms with E-state index in [0.29, 0.717) is 29.3 Å². The molecule has 0 unspecified atom stereocenters. The van der Waals surface area contributed by atoms with Gasteiger partial charge in [-0.15, -0.1) is 22.7 Å². The summed E-state index contributed by atoms with van der Waals surface area (Å²) in [5, 5.41) is 3.93. The van der Waals surface area contributed by atoms with Crippen molar-refractivity contribution >= 4 is 38.8 Å². The summed E-state index contributed by atoms with van der Waals surface area (Å²) in [5.74, 6) is 1.32. The van der Waals surface area contributed by atoms with Gasteiger partial charge in [0.15, 0.2) is 11.5 Å². The van der Waals surface area contributed by atoms with Crippen molar-refractivity contribution in [2.45, 2.75) is 6.42 Å².